The maximum atomic E-state index is 13.3. The van der Waals surface area contributed by atoms with Crippen LogP contribution in [0.2, 0.25) is 0 Å². The van der Waals surface area contributed by atoms with Gasteiger partial charge in [-0.1, -0.05) is 0 Å². The Labute approximate surface area is 104 Å². The molecule has 0 saturated heterocycles. The third-order valence-electron chi connectivity index (χ3n) is 2.05. The van der Waals surface area contributed by atoms with E-state index in [0.717, 1.165) is 6.07 Å². The average Bonchev–Trinajstić information content (AvgIpc) is 2.29. The smallest absolute Gasteiger partial charge is 0.161 e. The summed E-state index contributed by atoms with van der Waals surface area (Å²) in [6.07, 6.45) is 2.99. The molecule has 1 heterocycles. The van der Waals surface area contributed by atoms with Gasteiger partial charge in [-0.3, -0.25) is 4.98 Å². The third kappa shape index (κ3) is 2.58. The molecule has 0 fully saturated rings. The zero-order chi connectivity index (χ0) is 12.4. The molecule has 0 aliphatic rings. The highest BCUT2D eigenvalue weighted by atomic mass is 79.9. The summed E-state index contributed by atoms with van der Waals surface area (Å²) in [5, 5.41) is 2.64. The van der Waals surface area contributed by atoms with E-state index < -0.39 is 17.5 Å². The highest BCUT2D eigenvalue weighted by Gasteiger charge is 2.10. The first-order valence-corrected chi connectivity index (χ1v) is 5.38. The molecule has 1 aromatic heterocycles. The van der Waals surface area contributed by atoms with E-state index in [1.807, 2.05) is 0 Å². The Morgan fingerprint density at radius 2 is 1.71 bits per heavy atom. The van der Waals surface area contributed by atoms with E-state index in [1.165, 1.54) is 12.4 Å². The molecule has 0 atom stereocenters. The lowest BCUT2D eigenvalue weighted by atomic mass is 10.2. The molecule has 0 aliphatic heterocycles. The quantitative estimate of drug-likeness (QED) is 0.848. The standard InChI is InChI=1S/C11H6BrF3N2/c12-6-5-16-2-1-10(6)17-11-4-8(14)7(13)3-9(11)15/h1-5H,(H,16,17). The molecule has 0 radical (unpaired) electrons. The van der Waals surface area contributed by atoms with Crippen LogP contribution in [0, 0.1) is 17.5 Å². The second kappa shape index (κ2) is 4.75. The number of nitrogens with one attached hydrogen (secondary N) is 1. The van der Waals surface area contributed by atoms with Gasteiger partial charge in [0.25, 0.3) is 0 Å². The molecule has 88 valence electrons. The number of hydrogen-bond acceptors (Lipinski definition) is 2. The van der Waals surface area contributed by atoms with Crippen LogP contribution in [0.4, 0.5) is 24.5 Å². The Balaban J connectivity index is 2.37. The Bertz CT molecular complexity index is 560. The average molecular weight is 303 g/mol. The molecule has 2 aromatic rings. The fourth-order valence-electron chi connectivity index (χ4n) is 1.24. The van der Waals surface area contributed by atoms with Gasteiger partial charge in [0.15, 0.2) is 11.6 Å². The van der Waals surface area contributed by atoms with Crippen LogP contribution in [-0.4, -0.2) is 4.98 Å². The number of benzene rings is 1. The monoisotopic (exact) mass is 302 g/mol. The van der Waals surface area contributed by atoms with Gasteiger partial charge in [-0.15, -0.1) is 0 Å². The van der Waals surface area contributed by atoms with Crippen molar-refractivity contribution in [3.05, 3.63) is 52.5 Å². The zero-order valence-corrected chi connectivity index (χ0v) is 9.93. The fourth-order valence-corrected chi connectivity index (χ4v) is 1.59. The first-order valence-electron chi connectivity index (χ1n) is 4.59. The molecule has 0 saturated carbocycles. The summed E-state index contributed by atoms with van der Waals surface area (Å²) in [6, 6.07) is 2.83. The lowest BCUT2D eigenvalue weighted by Crippen LogP contribution is -1.97. The number of anilines is 2. The van der Waals surface area contributed by atoms with E-state index in [1.54, 1.807) is 6.07 Å². The van der Waals surface area contributed by atoms with Crippen molar-refractivity contribution >= 4 is 27.3 Å². The van der Waals surface area contributed by atoms with Crippen molar-refractivity contribution in [2.75, 3.05) is 5.32 Å². The molecule has 0 amide bonds. The van der Waals surface area contributed by atoms with Crippen LogP contribution in [0.1, 0.15) is 0 Å². The van der Waals surface area contributed by atoms with E-state index in [4.69, 9.17) is 0 Å². The van der Waals surface area contributed by atoms with Crippen molar-refractivity contribution in [3.63, 3.8) is 0 Å². The molecule has 0 bridgehead atoms. The maximum absolute atomic E-state index is 13.3. The molecule has 2 nitrogen and oxygen atoms in total. The SMILES string of the molecule is Fc1cc(F)c(Nc2ccncc2Br)cc1F. The minimum absolute atomic E-state index is 0.143. The minimum Gasteiger partial charge on any atom is -0.352 e. The summed E-state index contributed by atoms with van der Waals surface area (Å²) in [4.78, 5) is 3.83. The number of rotatable bonds is 2. The third-order valence-corrected chi connectivity index (χ3v) is 2.68. The van der Waals surface area contributed by atoms with E-state index in [2.05, 4.69) is 26.2 Å². The van der Waals surface area contributed by atoms with Crippen LogP contribution < -0.4 is 5.32 Å². The number of pyridine rings is 1. The van der Waals surface area contributed by atoms with Gasteiger partial charge < -0.3 is 5.32 Å². The molecule has 0 spiro atoms. The van der Waals surface area contributed by atoms with Gasteiger partial charge in [-0.25, -0.2) is 13.2 Å². The van der Waals surface area contributed by atoms with Crippen LogP contribution in [0.15, 0.2) is 35.1 Å². The lowest BCUT2D eigenvalue weighted by molar-refractivity contribution is 0.496. The van der Waals surface area contributed by atoms with E-state index >= 15 is 0 Å². The van der Waals surface area contributed by atoms with Crippen molar-refractivity contribution in [2.45, 2.75) is 0 Å². The van der Waals surface area contributed by atoms with Gasteiger partial charge in [0, 0.05) is 24.5 Å². The summed E-state index contributed by atoms with van der Waals surface area (Å²) in [5.74, 6) is -3.20. The largest absolute Gasteiger partial charge is 0.352 e. The van der Waals surface area contributed by atoms with Crippen LogP contribution in [0.3, 0.4) is 0 Å². The highest BCUT2D eigenvalue weighted by molar-refractivity contribution is 9.10. The number of aromatic nitrogens is 1. The van der Waals surface area contributed by atoms with Crippen LogP contribution in [0.25, 0.3) is 0 Å². The molecule has 1 aromatic carbocycles. The van der Waals surface area contributed by atoms with Gasteiger partial charge in [0.1, 0.15) is 5.82 Å². The number of hydrogen-bond donors (Lipinski definition) is 1. The van der Waals surface area contributed by atoms with Crippen molar-refractivity contribution < 1.29 is 13.2 Å². The van der Waals surface area contributed by atoms with Gasteiger partial charge in [0.05, 0.1) is 15.8 Å². The molecule has 6 heteroatoms. The van der Waals surface area contributed by atoms with Crippen LogP contribution >= 0.6 is 15.9 Å². The summed E-state index contributed by atoms with van der Waals surface area (Å²) in [5.41, 5.74) is 0.362. The van der Waals surface area contributed by atoms with Crippen LogP contribution in [0.5, 0.6) is 0 Å². The Morgan fingerprint density at radius 3 is 2.41 bits per heavy atom. The minimum atomic E-state index is -1.22. The van der Waals surface area contributed by atoms with Gasteiger partial charge >= 0.3 is 0 Å². The normalized spacial score (nSPS) is 10.4. The first-order chi connectivity index (χ1) is 8.08. The van der Waals surface area contributed by atoms with Gasteiger partial charge in [0.2, 0.25) is 0 Å². The zero-order valence-electron chi connectivity index (χ0n) is 8.35. The van der Waals surface area contributed by atoms with Crippen molar-refractivity contribution in [1.82, 2.24) is 4.98 Å². The molecule has 0 unspecified atom stereocenters. The molecular formula is C11H6BrF3N2. The summed E-state index contributed by atoms with van der Waals surface area (Å²) in [7, 11) is 0. The van der Waals surface area contributed by atoms with Gasteiger partial charge in [-0.05, 0) is 22.0 Å². The Morgan fingerprint density at radius 1 is 1.00 bits per heavy atom. The van der Waals surface area contributed by atoms with E-state index in [-0.39, 0.29) is 5.69 Å². The lowest BCUT2D eigenvalue weighted by Gasteiger charge is -2.09. The van der Waals surface area contributed by atoms with E-state index in [0.29, 0.717) is 16.2 Å². The topological polar surface area (TPSA) is 24.9 Å². The summed E-state index contributed by atoms with van der Waals surface area (Å²) in [6.45, 7) is 0. The summed E-state index contributed by atoms with van der Waals surface area (Å²) < 4.78 is 39.6. The predicted octanol–water partition coefficient (Wildman–Crippen LogP) is 4.00. The Kier molecular flexibility index (Phi) is 3.33. The molecule has 17 heavy (non-hydrogen) atoms. The number of halogens is 4. The Hall–Kier alpha value is -1.56. The molecule has 0 aliphatic carbocycles. The maximum Gasteiger partial charge on any atom is 0.161 e. The molecule has 2 rings (SSSR count). The summed E-state index contributed by atoms with van der Waals surface area (Å²) >= 11 is 3.20. The fraction of sp³-hybridized carbons (Fsp3) is 0. The van der Waals surface area contributed by atoms with Crippen molar-refractivity contribution in [1.29, 1.82) is 0 Å². The molecular weight excluding hydrogens is 297 g/mol. The van der Waals surface area contributed by atoms with Crippen molar-refractivity contribution in [2.24, 2.45) is 0 Å². The highest BCUT2D eigenvalue weighted by Crippen LogP contribution is 2.27. The first kappa shape index (κ1) is 11.9. The number of nitrogens with zero attached hydrogens (tertiary/aromatic N) is 1. The second-order valence-electron chi connectivity index (χ2n) is 3.23. The van der Waals surface area contributed by atoms with E-state index in [9.17, 15) is 13.2 Å². The van der Waals surface area contributed by atoms with Crippen LogP contribution in [-0.2, 0) is 0 Å². The molecule has 1 N–H and O–H groups in total. The second-order valence-corrected chi connectivity index (χ2v) is 4.08. The predicted molar refractivity (Wildman–Crippen MR) is 61.5 cm³/mol. The van der Waals surface area contributed by atoms with Gasteiger partial charge in [-0.2, -0.15) is 0 Å². The van der Waals surface area contributed by atoms with Crippen molar-refractivity contribution in [3.8, 4) is 0 Å².